The molecule has 1 fully saturated rings. The first-order valence-electron chi connectivity index (χ1n) is 7.94. The second-order valence-electron chi connectivity index (χ2n) is 5.47. The number of hydrogen-bond donors (Lipinski definition) is 2. The number of hydrogen-bond acceptors (Lipinski definition) is 5. The van der Waals surface area contributed by atoms with Crippen LogP contribution < -0.4 is 10.6 Å². The first-order valence-corrected chi connectivity index (χ1v) is 10.0. The van der Waals surface area contributed by atoms with Crippen molar-refractivity contribution in [1.29, 1.82) is 0 Å². The lowest BCUT2D eigenvalue weighted by molar-refractivity contribution is -0.160. The molecule has 10 heteroatoms. The van der Waals surface area contributed by atoms with Gasteiger partial charge in [0.15, 0.2) is 6.61 Å². The van der Waals surface area contributed by atoms with Crippen molar-refractivity contribution in [3.05, 3.63) is 29.8 Å². The summed E-state index contributed by atoms with van der Waals surface area (Å²) in [6.45, 7) is -1.77. The van der Waals surface area contributed by atoms with E-state index < -0.39 is 18.9 Å². The molecule has 0 bridgehead atoms. The van der Waals surface area contributed by atoms with Gasteiger partial charge in [-0.1, -0.05) is 12.1 Å². The van der Waals surface area contributed by atoms with Gasteiger partial charge in [-0.15, -0.1) is 23.5 Å². The third-order valence-electron chi connectivity index (χ3n) is 3.26. The highest BCUT2D eigenvalue weighted by Crippen LogP contribution is 2.44. The van der Waals surface area contributed by atoms with Crippen LogP contribution in [0.5, 0.6) is 0 Å². The van der Waals surface area contributed by atoms with Crippen LogP contribution in [0.1, 0.15) is 23.0 Å². The lowest BCUT2D eigenvalue weighted by Gasteiger charge is -2.21. The van der Waals surface area contributed by atoms with Gasteiger partial charge in [-0.2, -0.15) is 13.2 Å². The highest BCUT2D eigenvalue weighted by molar-refractivity contribution is 8.16. The standard InChI is InChI=1S/C16H19F3N2O3S2/c17-16(18,19)10-24-15(23)20-6-5-13(22)21-12-4-1-3-11(9-12)14-25-7-2-8-26-14/h1,3-4,9,14H,2,5-8,10H2,(H,20,23)(H,21,22). The number of thioether (sulfide) groups is 2. The fraction of sp³-hybridized carbons (Fsp3) is 0.500. The number of rotatable bonds is 6. The molecule has 2 rings (SSSR count). The van der Waals surface area contributed by atoms with Gasteiger partial charge in [-0.3, -0.25) is 4.79 Å². The third-order valence-corrected chi connectivity index (χ3v) is 6.27. The van der Waals surface area contributed by atoms with E-state index in [1.165, 1.54) is 6.42 Å². The first kappa shape index (κ1) is 20.8. The van der Waals surface area contributed by atoms with Crippen LogP contribution in [0.3, 0.4) is 0 Å². The SMILES string of the molecule is O=C(CCNC(=O)OCC(F)(F)F)Nc1cccc(C2SCCCS2)c1. The van der Waals surface area contributed by atoms with Crippen molar-refractivity contribution >= 4 is 41.2 Å². The maximum atomic E-state index is 11.9. The summed E-state index contributed by atoms with van der Waals surface area (Å²) in [4.78, 5) is 23.0. The Balaban J connectivity index is 1.73. The molecule has 0 aromatic heterocycles. The van der Waals surface area contributed by atoms with Gasteiger partial charge in [0.25, 0.3) is 0 Å². The smallest absolute Gasteiger partial charge is 0.422 e. The summed E-state index contributed by atoms with van der Waals surface area (Å²) >= 11 is 3.75. The molecule has 144 valence electrons. The number of carbonyl (C=O) groups is 2. The Kier molecular flexibility index (Phi) is 7.95. The van der Waals surface area contributed by atoms with E-state index in [9.17, 15) is 22.8 Å². The lowest BCUT2D eigenvalue weighted by atomic mass is 10.2. The third kappa shape index (κ3) is 7.77. The molecule has 0 aliphatic carbocycles. The Bertz CT molecular complexity index is 623. The van der Waals surface area contributed by atoms with Gasteiger partial charge in [0.1, 0.15) is 0 Å². The van der Waals surface area contributed by atoms with E-state index >= 15 is 0 Å². The number of benzene rings is 1. The quantitative estimate of drug-likeness (QED) is 0.739. The minimum Gasteiger partial charge on any atom is -0.440 e. The van der Waals surface area contributed by atoms with Crippen LogP contribution in [0.25, 0.3) is 0 Å². The zero-order valence-corrected chi connectivity index (χ0v) is 15.4. The number of nitrogens with one attached hydrogen (secondary N) is 2. The molecule has 1 aliphatic heterocycles. The van der Waals surface area contributed by atoms with Gasteiger partial charge in [0.05, 0.1) is 4.58 Å². The monoisotopic (exact) mass is 408 g/mol. The fourth-order valence-electron chi connectivity index (χ4n) is 2.14. The second kappa shape index (κ2) is 9.96. The zero-order chi connectivity index (χ0) is 19.0. The molecule has 0 atom stereocenters. The molecule has 2 N–H and O–H groups in total. The number of ether oxygens (including phenoxy) is 1. The van der Waals surface area contributed by atoms with E-state index in [0.717, 1.165) is 17.1 Å². The Morgan fingerprint density at radius 2 is 1.96 bits per heavy atom. The van der Waals surface area contributed by atoms with E-state index in [4.69, 9.17) is 0 Å². The molecule has 0 radical (unpaired) electrons. The van der Waals surface area contributed by atoms with Crippen LogP contribution in [0.4, 0.5) is 23.7 Å². The van der Waals surface area contributed by atoms with Crippen molar-refractivity contribution in [2.75, 3.05) is 30.0 Å². The van der Waals surface area contributed by atoms with Crippen LogP contribution in [-0.2, 0) is 9.53 Å². The molecule has 0 unspecified atom stereocenters. The summed E-state index contributed by atoms with van der Waals surface area (Å²) in [5.74, 6) is 1.89. The Labute approximate surface area is 157 Å². The van der Waals surface area contributed by atoms with Crippen LogP contribution >= 0.6 is 23.5 Å². The van der Waals surface area contributed by atoms with Gasteiger partial charge in [-0.25, -0.2) is 4.79 Å². The molecule has 0 saturated carbocycles. The van der Waals surface area contributed by atoms with E-state index in [0.29, 0.717) is 10.3 Å². The highest BCUT2D eigenvalue weighted by atomic mass is 32.2. The van der Waals surface area contributed by atoms with Crippen molar-refractivity contribution < 1.29 is 27.5 Å². The molecular weight excluding hydrogens is 389 g/mol. The molecule has 0 spiro atoms. The molecule has 5 nitrogen and oxygen atoms in total. The number of carbonyl (C=O) groups excluding carboxylic acids is 2. The summed E-state index contributed by atoms with van der Waals surface area (Å²) in [5, 5.41) is 4.83. The maximum Gasteiger partial charge on any atom is 0.422 e. The number of amides is 2. The lowest BCUT2D eigenvalue weighted by Crippen LogP contribution is -2.31. The molecule has 1 heterocycles. The second-order valence-corrected chi connectivity index (χ2v) is 8.19. The topological polar surface area (TPSA) is 67.4 Å². The van der Waals surface area contributed by atoms with Gasteiger partial charge in [-0.05, 0) is 35.6 Å². The van der Waals surface area contributed by atoms with Crippen LogP contribution in [0.15, 0.2) is 24.3 Å². The number of alkyl halides is 3. The number of alkyl carbamates (subject to hydrolysis) is 1. The summed E-state index contributed by atoms with van der Waals surface area (Å²) in [5.41, 5.74) is 1.78. The normalized spacial score (nSPS) is 15.3. The van der Waals surface area contributed by atoms with Gasteiger partial charge in [0, 0.05) is 18.7 Å². The van der Waals surface area contributed by atoms with Crippen LogP contribution in [0.2, 0.25) is 0 Å². The van der Waals surface area contributed by atoms with Gasteiger partial charge < -0.3 is 15.4 Å². The van der Waals surface area contributed by atoms with E-state index in [1.54, 1.807) is 6.07 Å². The number of halogens is 3. The van der Waals surface area contributed by atoms with Crippen molar-refractivity contribution in [1.82, 2.24) is 5.32 Å². The molecule has 1 aliphatic rings. The molecular formula is C16H19F3N2O3S2. The van der Waals surface area contributed by atoms with Crippen molar-refractivity contribution in [2.45, 2.75) is 23.6 Å². The minimum atomic E-state index is -4.57. The van der Waals surface area contributed by atoms with Crippen molar-refractivity contribution in [3.63, 3.8) is 0 Å². The summed E-state index contributed by atoms with van der Waals surface area (Å²) in [6, 6.07) is 7.57. The van der Waals surface area contributed by atoms with Crippen LogP contribution in [0, 0.1) is 0 Å². The van der Waals surface area contributed by atoms with E-state index in [2.05, 4.69) is 15.4 Å². The average molecular weight is 408 g/mol. The average Bonchev–Trinajstić information content (AvgIpc) is 2.60. The van der Waals surface area contributed by atoms with Crippen molar-refractivity contribution in [3.8, 4) is 0 Å². The number of anilines is 1. The summed E-state index contributed by atoms with van der Waals surface area (Å²) in [6.07, 6.45) is -4.66. The molecule has 2 amide bonds. The minimum absolute atomic E-state index is 0.0712. The van der Waals surface area contributed by atoms with E-state index in [-0.39, 0.29) is 18.9 Å². The summed E-state index contributed by atoms with van der Waals surface area (Å²) < 4.78 is 40.0. The Hall–Kier alpha value is -1.55. The molecule has 1 aromatic rings. The summed E-state index contributed by atoms with van der Waals surface area (Å²) in [7, 11) is 0. The fourth-order valence-corrected chi connectivity index (χ4v) is 5.02. The molecule has 26 heavy (non-hydrogen) atoms. The van der Waals surface area contributed by atoms with Crippen LogP contribution in [-0.4, -0.2) is 42.8 Å². The van der Waals surface area contributed by atoms with Gasteiger partial charge in [0.2, 0.25) is 5.91 Å². The van der Waals surface area contributed by atoms with E-state index in [1.807, 2.05) is 41.7 Å². The largest absolute Gasteiger partial charge is 0.440 e. The van der Waals surface area contributed by atoms with Gasteiger partial charge >= 0.3 is 12.3 Å². The first-order chi connectivity index (χ1) is 12.3. The Morgan fingerprint density at radius 1 is 1.23 bits per heavy atom. The predicted molar refractivity (Wildman–Crippen MR) is 97.4 cm³/mol. The zero-order valence-electron chi connectivity index (χ0n) is 13.8. The van der Waals surface area contributed by atoms with Crippen molar-refractivity contribution in [2.24, 2.45) is 0 Å². The highest BCUT2D eigenvalue weighted by Gasteiger charge is 2.29. The molecule has 1 aromatic carbocycles. The Morgan fingerprint density at radius 3 is 2.65 bits per heavy atom. The molecule has 1 saturated heterocycles. The maximum absolute atomic E-state index is 11.9. The predicted octanol–water partition coefficient (Wildman–Crippen LogP) is 4.17.